The lowest BCUT2D eigenvalue weighted by Gasteiger charge is -2.18. The van der Waals surface area contributed by atoms with Crippen LogP contribution in [0.25, 0.3) is 0 Å². The summed E-state index contributed by atoms with van der Waals surface area (Å²) in [6.45, 7) is 9.10. The lowest BCUT2D eigenvalue weighted by molar-refractivity contribution is -0.167. The molecule has 0 aliphatic heterocycles. The summed E-state index contributed by atoms with van der Waals surface area (Å²) in [6, 6.07) is 0. The van der Waals surface area contributed by atoms with Crippen LogP contribution in [-0.4, -0.2) is 37.2 Å². The second-order valence-corrected chi connectivity index (χ2v) is 20.9. The SMILES string of the molecule is CCCCCCCCCCCCCCCCCCC(=O)O[C@H](COC(=O)CCCCCCCCCCCC)COC(=O)CCCCCCCCCCCCCCCCCCCCC(C)CC. The van der Waals surface area contributed by atoms with Crippen LogP contribution in [-0.2, 0) is 28.6 Å². The van der Waals surface area contributed by atoms with Gasteiger partial charge >= 0.3 is 17.9 Å². The highest BCUT2D eigenvalue weighted by Gasteiger charge is 2.19. The second-order valence-electron chi connectivity index (χ2n) is 20.9. The third kappa shape index (κ3) is 51.8. The number of hydrogen-bond donors (Lipinski definition) is 0. The first-order valence-electron chi connectivity index (χ1n) is 29.9. The van der Waals surface area contributed by atoms with Crippen molar-refractivity contribution in [1.29, 1.82) is 0 Å². The van der Waals surface area contributed by atoms with Crippen molar-refractivity contribution in [3.63, 3.8) is 0 Å². The third-order valence-electron chi connectivity index (χ3n) is 14.2. The predicted octanol–water partition coefficient (Wildman–Crippen LogP) is 19.8. The Labute approximate surface area is 412 Å². The average molecular weight is 934 g/mol. The summed E-state index contributed by atoms with van der Waals surface area (Å²) >= 11 is 0. The number of hydrogen-bond acceptors (Lipinski definition) is 6. The highest BCUT2D eigenvalue weighted by molar-refractivity contribution is 5.71. The van der Waals surface area contributed by atoms with Gasteiger partial charge < -0.3 is 14.2 Å². The fourth-order valence-electron chi connectivity index (χ4n) is 9.25. The van der Waals surface area contributed by atoms with Gasteiger partial charge in [0.1, 0.15) is 13.2 Å². The monoisotopic (exact) mass is 933 g/mol. The van der Waals surface area contributed by atoms with Gasteiger partial charge in [-0.1, -0.05) is 304 Å². The van der Waals surface area contributed by atoms with Crippen molar-refractivity contribution in [2.24, 2.45) is 5.92 Å². The van der Waals surface area contributed by atoms with Crippen LogP contribution in [0.5, 0.6) is 0 Å². The Kier molecular flexibility index (Phi) is 53.0. The van der Waals surface area contributed by atoms with E-state index < -0.39 is 6.10 Å². The van der Waals surface area contributed by atoms with Crippen molar-refractivity contribution in [1.82, 2.24) is 0 Å². The molecule has 1 unspecified atom stereocenters. The molecule has 0 fully saturated rings. The molecule has 0 rings (SSSR count). The highest BCUT2D eigenvalue weighted by atomic mass is 16.6. The molecule has 0 aromatic heterocycles. The Bertz CT molecular complexity index is 998. The van der Waals surface area contributed by atoms with E-state index >= 15 is 0 Å². The molecule has 0 saturated carbocycles. The van der Waals surface area contributed by atoms with Crippen molar-refractivity contribution in [3.8, 4) is 0 Å². The lowest BCUT2D eigenvalue weighted by atomic mass is 9.99. The molecule has 0 amide bonds. The van der Waals surface area contributed by atoms with Gasteiger partial charge in [0.2, 0.25) is 0 Å². The molecule has 0 spiro atoms. The predicted molar refractivity (Wildman–Crippen MR) is 284 cm³/mol. The molecule has 0 radical (unpaired) electrons. The molecule has 0 heterocycles. The minimum atomic E-state index is -0.761. The number of ether oxygens (including phenoxy) is 3. The Morgan fingerprint density at radius 1 is 0.303 bits per heavy atom. The Balaban J connectivity index is 4.19. The normalized spacial score (nSPS) is 12.4. The molecule has 0 aromatic rings. The summed E-state index contributed by atoms with van der Waals surface area (Å²) in [4.78, 5) is 38.1. The molecular formula is C60H116O6. The van der Waals surface area contributed by atoms with Crippen LogP contribution in [0, 0.1) is 5.92 Å². The van der Waals surface area contributed by atoms with Gasteiger partial charge in [0.05, 0.1) is 0 Å². The summed E-state index contributed by atoms with van der Waals surface area (Å²) in [5, 5.41) is 0. The van der Waals surface area contributed by atoms with Gasteiger partial charge in [-0.3, -0.25) is 14.4 Å². The minimum Gasteiger partial charge on any atom is -0.462 e. The van der Waals surface area contributed by atoms with Gasteiger partial charge in [-0.2, -0.15) is 0 Å². The van der Waals surface area contributed by atoms with Gasteiger partial charge in [-0.15, -0.1) is 0 Å². The maximum atomic E-state index is 12.8. The molecule has 6 heteroatoms. The van der Waals surface area contributed by atoms with Crippen LogP contribution in [0.1, 0.15) is 342 Å². The van der Waals surface area contributed by atoms with Crippen LogP contribution < -0.4 is 0 Å². The van der Waals surface area contributed by atoms with Crippen LogP contribution in [0.4, 0.5) is 0 Å². The molecule has 0 aliphatic carbocycles. The largest absolute Gasteiger partial charge is 0.462 e. The third-order valence-corrected chi connectivity index (χ3v) is 14.2. The first kappa shape index (κ1) is 64.4. The van der Waals surface area contributed by atoms with Crippen molar-refractivity contribution in [3.05, 3.63) is 0 Å². The van der Waals surface area contributed by atoms with E-state index in [0.717, 1.165) is 63.7 Å². The number of rotatable bonds is 55. The van der Waals surface area contributed by atoms with E-state index in [1.807, 2.05) is 0 Å². The van der Waals surface area contributed by atoms with E-state index in [9.17, 15) is 14.4 Å². The average Bonchev–Trinajstić information content (AvgIpc) is 3.32. The Hall–Kier alpha value is -1.59. The molecular weight excluding hydrogens is 817 g/mol. The molecule has 66 heavy (non-hydrogen) atoms. The number of esters is 3. The molecule has 0 saturated heterocycles. The van der Waals surface area contributed by atoms with E-state index in [2.05, 4.69) is 27.7 Å². The van der Waals surface area contributed by atoms with Crippen molar-refractivity contribution in [2.45, 2.75) is 348 Å². The van der Waals surface area contributed by atoms with E-state index in [-0.39, 0.29) is 31.1 Å². The van der Waals surface area contributed by atoms with Crippen molar-refractivity contribution in [2.75, 3.05) is 13.2 Å². The smallest absolute Gasteiger partial charge is 0.306 e. The first-order chi connectivity index (χ1) is 32.4. The molecule has 0 N–H and O–H groups in total. The van der Waals surface area contributed by atoms with Gasteiger partial charge in [0.15, 0.2) is 6.10 Å². The van der Waals surface area contributed by atoms with E-state index in [0.29, 0.717) is 19.3 Å². The van der Waals surface area contributed by atoms with E-state index in [4.69, 9.17) is 14.2 Å². The maximum Gasteiger partial charge on any atom is 0.306 e. The molecule has 0 aliphatic rings. The van der Waals surface area contributed by atoms with Crippen molar-refractivity contribution >= 4 is 17.9 Å². The zero-order valence-corrected chi connectivity index (χ0v) is 45.2. The molecule has 2 atom stereocenters. The molecule has 0 aromatic carbocycles. The van der Waals surface area contributed by atoms with Crippen LogP contribution >= 0.6 is 0 Å². The van der Waals surface area contributed by atoms with E-state index in [1.165, 1.54) is 238 Å². The summed E-state index contributed by atoms with van der Waals surface area (Å²) in [5.74, 6) is 0.0747. The Morgan fingerprint density at radius 2 is 0.530 bits per heavy atom. The van der Waals surface area contributed by atoms with Crippen LogP contribution in [0.2, 0.25) is 0 Å². The zero-order valence-electron chi connectivity index (χ0n) is 45.2. The number of carbonyl (C=O) groups is 3. The fraction of sp³-hybridized carbons (Fsp3) is 0.950. The Morgan fingerprint density at radius 3 is 0.788 bits per heavy atom. The summed E-state index contributed by atoms with van der Waals surface area (Å²) in [7, 11) is 0. The highest BCUT2D eigenvalue weighted by Crippen LogP contribution is 2.19. The molecule has 392 valence electrons. The van der Waals surface area contributed by atoms with E-state index in [1.54, 1.807) is 0 Å². The fourth-order valence-corrected chi connectivity index (χ4v) is 9.25. The first-order valence-corrected chi connectivity index (χ1v) is 29.9. The summed E-state index contributed by atoms with van der Waals surface area (Å²) < 4.78 is 16.9. The van der Waals surface area contributed by atoms with Crippen molar-refractivity contribution < 1.29 is 28.6 Å². The molecule has 0 bridgehead atoms. The van der Waals surface area contributed by atoms with Gasteiger partial charge in [-0.05, 0) is 25.2 Å². The van der Waals surface area contributed by atoms with Crippen LogP contribution in [0.15, 0.2) is 0 Å². The maximum absolute atomic E-state index is 12.8. The minimum absolute atomic E-state index is 0.0617. The summed E-state index contributed by atoms with van der Waals surface area (Å²) in [6.07, 6.45) is 59.5. The van der Waals surface area contributed by atoms with Gasteiger partial charge in [-0.25, -0.2) is 0 Å². The standard InChI is InChI=1S/C60H116O6/c1-5-8-10-12-14-16-18-19-20-26-30-33-37-41-45-49-53-60(63)66-57(54-64-58(61)51-47-43-39-35-17-15-13-11-9-6-2)55-65-59(62)52-48-44-40-36-32-29-27-24-22-21-23-25-28-31-34-38-42-46-50-56(4)7-3/h56-57H,5-55H2,1-4H3/t56?,57-/m1/s1. The summed E-state index contributed by atoms with van der Waals surface area (Å²) in [5.41, 5.74) is 0. The topological polar surface area (TPSA) is 78.9 Å². The second kappa shape index (κ2) is 54.4. The quantitative estimate of drug-likeness (QED) is 0.0343. The van der Waals surface area contributed by atoms with Gasteiger partial charge in [0, 0.05) is 19.3 Å². The molecule has 6 nitrogen and oxygen atoms in total. The lowest BCUT2D eigenvalue weighted by Crippen LogP contribution is -2.30. The number of unbranched alkanes of at least 4 members (excludes halogenated alkanes) is 41. The van der Waals surface area contributed by atoms with Crippen LogP contribution in [0.3, 0.4) is 0 Å². The number of carbonyl (C=O) groups excluding carboxylic acids is 3. The zero-order chi connectivity index (χ0) is 48.1. The van der Waals surface area contributed by atoms with Gasteiger partial charge in [0.25, 0.3) is 0 Å².